The van der Waals surface area contributed by atoms with E-state index in [1.165, 1.54) is 0 Å². The van der Waals surface area contributed by atoms with Gasteiger partial charge in [0, 0.05) is 22.5 Å². The zero-order chi connectivity index (χ0) is 19.4. The molecule has 0 amide bonds. The fraction of sp³-hybridized carbons (Fsp3) is 0.261. The Morgan fingerprint density at radius 1 is 1.07 bits per heavy atom. The number of hydrogen-bond acceptors (Lipinski definition) is 3. The molecule has 3 rings (SSSR count). The molecule has 1 aromatic heterocycles. The first-order valence-electron chi connectivity index (χ1n) is 9.11. The van der Waals surface area contributed by atoms with E-state index in [0.717, 1.165) is 22.5 Å². The number of carbonyl (C=O) groups excluding carboxylic acids is 1. The molecule has 4 nitrogen and oxygen atoms in total. The van der Waals surface area contributed by atoms with Crippen molar-refractivity contribution >= 4 is 5.78 Å². The van der Waals surface area contributed by atoms with Gasteiger partial charge in [-0.25, -0.2) is 0 Å². The van der Waals surface area contributed by atoms with Crippen LogP contribution in [0.3, 0.4) is 0 Å². The Balaban J connectivity index is 1.70. The fourth-order valence-electron chi connectivity index (χ4n) is 3.44. The van der Waals surface area contributed by atoms with E-state index in [2.05, 4.69) is 11.5 Å². The summed E-state index contributed by atoms with van der Waals surface area (Å²) in [4.78, 5) is 12.8. The molecule has 3 aromatic rings. The number of phenolic OH excluding ortho intramolecular Hbond substituents is 1. The number of ether oxygens (including phenoxy) is 1. The monoisotopic (exact) mass is 363 g/mol. The predicted octanol–water partition coefficient (Wildman–Crippen LogP) is 4.82. The molecular formula is C23H25NO3. The van der Waals surface area contributed by atoms with E-state index in [1.54, 1.807) is 12.1 Å². The van der Waals surface area contributed by atoms with Crippen molar-refractivity contribution in [3.63, 3.8) is 0 Å². The highest BCUT2D eigenvalue weighted by molar-refractivity contribution is 6.09. The Morgan fingerprint density at radius 2 is 1.74 bits per heavy atom. The maximum atomic E-state index is 12.8. The molecule has 0 spiro atoms. The van der Waals surface area contributed by atoms with Gasteiger partial charge in [0.05, 0.1) is 19.3 Å². The largest absolute Gasteiger partial charge is 0.508 e. The van der Waals surface area contributed by atoms with Crippen molar-refractivity contribution in [2.45, 2.75) is 33.4 Å². The van der Waals surface area contributed by atoms with Crippen molar-refractivity contribution in [2.24, 2.45) is 0 Å². The van der Waals surface area contributed by atoms with Crippen LogP contribution in [0.1, 0.15) is 45.8 Å². The first-order valence-corrected chi connectivity index (χ1v) is 9.11. The summed E-state index contributed by atoms with van der Waals surface area (Å²) in [5.74, 6) is 0.300. The highest BCUT2D eigenvalue weighted by Gasteiger charge is 2.19. The van der Waals surface area contributed by atoms with E-state index in [1.807, 2.05) is 62.4 Å². The zero-order valence-corrected chi connectivity index (χ0v) is 16.0. The maximum Gasteiger partial charge on any atom is 0.194 e. The molecule has 0 saturated carbocycles. The average Bonchev–Trinajstić information content (AvgIpc) is 2.97. The van der Waals surface area contributed by atoms with Crippen molar-refractivity contribution < 1.29 is 14.6 Å². The summed E-state index contributed by atoms with van der Waals surface area (Å²) in [5.41, 5.74) is 4.47. The zero-order valence-electron chi connectivity index (χ0n) is 16.0. The van der Waals surface area contributed by atoms with Crippen molar-refractivity contribution in [2.75, 3.05) is 6.61 Å². The van der Waals surface area contributed by atoms with Gasteiger partial charge in [-0.3, -0.25) is 4.79 Å². The summed E-state index contributed by atoms with van der Waals surface area (Å²) in [6.07, 6.45) is 0. The number of phenols is 1. The predicted molar refractivity (Wildman–Crippen MR) is 106 cm³/mol. The minimum Gasteiger partial charge on any atom is -0.508 e. The normalized spacial score (nSPS) is 12.1. The van der Waals surface area contributed by atoms with Crippen LogP contribution in [-0.4, -0.2) is 22.1 Å². The van der Waals surface area contributed by atoms with Gasteiger partial charge in [0.25, 0.3) is 0 Å². The number of rotatable bonds is 7. The standard InChI is InChI=1S/C23H25NO3/c1-16-13-22(23(26)20-7-5-4-6-8-20)18(3)24(16)17(2)14-27-15-19-9-11-21(25)12-10-19/h4-13,17,25H,14-15H2,1-3H3. The summed E-state index contributed by atoms with van der Waals surface area (Å²) in [6, 6.07) is 18.4. The molecule has 1 atom stereocenters. The Kier molecular flexibility index (Phi) is 5.77. The molecule has 0 fully saturated rings. The van der Waals surface area contributed by atoms with Crippen molar-refractivity contribution in [1.29, 1.82) is 0 Å². The third-order valence-corrected chi connectivity index (χ3v) is 4.77. The lowest BCUT2D eigenvalue weighted by molar-refractivity contribution is 0.0936. The molecular weight excluding hydrogens is 338 g/mol. The van der Waals surface area contributed by atoms with Crippen LogP contribution in [0.25, 0.3) is 0 Å². The topological polar surface area (TPSA) is 51.5 Å². The number of benzene rings is 2. The summed E-state index contributed by atoms with van der Waals surface area (Å²) >= 11 is 0. The second kappa shape index (κ2) is 8.23. The second-order valence-corrected chi connectivity index (χ2v) is 6.88. The summed E-state index contributed by atoms with van der Waals surface area (Å²) < 4.78 is 8.01. The number of aromatic nitrogens is 1. The molecule has 0 aliphatic heterocycles. The average molecular weight is 363 g/mol. The quantitative estimate of drug-likeness (QED) is 0.612. The van der Waals surface area contributed by atoms with E-state index in [9.17, 15) is 9.90 Å². The van der Waals surface area contributed by atoms with Gasteiger partial charge in [0.15, 0.2) is 5.78 Å². The minimum absolute atomic E-state index is 0.0483. The van der Waals surface area contributed by atoms with Gasteiger partial charge in [-0.2, -0.15) is 0 Å². The Morgan fingerprint density at radius 3 is 2.41 bits per heavy atom. The number of carbonyl (C=O) groups is 1. The molecule has 2 aromatic carbocycles. The van der Waals surface area contributed by atoms with E-state index in [4.69, 9.17) is 4.74 Å². The van der Waals surface area contributed by atoms with Crippen LogP contribution in [0, 0.1) is 13.8 Å². The number of aryl methyl sites for hydroxylation is 1. The third kappa shape index (κ3) is 4.29. The summed E-state index contributed by atoms with van der Waals surface area (Å²) in [7, 11) is 0. The minimum atomic E-state index is 0.0483. The molecule has 140 valence electrons. The van der Waals surface area contributed by atoms with Crippen LogP contribution in [0.15, 0.2) is 60.7 Å². The SMILES string of the molecule is Cc1cc(C(=O)c2ccccc2)c(C)n1C(C)COCc1ccc(O)cc1. The van der Waals surface area contributed by atoms with E-state index in [0.29, 0.717) is 18.8 Å². The number of hydrogen-bond donors (Lipinski definition) is 1. The number of nitrogens with zero attached hydrogens (tertiary/aromatic N) is 1. The van der Waals surface area contributed by atoms with Crippen LogP contribution in [0.5, 0.6) is 5.75 Å². The van der Waals surface area contributed by atoms with Crippen LogP contribution in [0.2, 0.25) is 0 Å². The van der Waals surface area contributed by atoms with Gasteiger partial charge in [0.1, 0.15) is 5.75 Å². The molecule has 0 saturated heterocycles. The lowest BCUT2D eigenvalue weighted by Gasteiger charge is -2.19. The van der Waals surface area contributed by atoms with Gasteiger partial charge < -0.3 is 14.4 Å². The van der Waals surface area contributed by atoms with E-state index >= 15 is 0 Å². The van der Waals surface area contributed by atoms with Gasteiger partial charge in [0.2, 0.25) is 0 Å². The second-order valence-electron chi connectivity index (χ2n) is 6.88. The van der Waals surface area contributed by atoms with Crippen molar-refractivity contribution in [3.8, 4) is 5.75 Å². The smallest absolute Gasteiger partial charge is 0.194 e. The fourth-order valence-corrected chi connectivity index (χ4v) is 3.44. The Labute approximate surface area is 160 Å². The molecule has 4 heteroatoms. The Bertz CT molecular complexity index is 911. The molecule has 0 bridgehead atoms. The number of aromatic hydroxyl groups is 1. The third-order valence-electron chi connectivity index (χ3n) is 4.77. The molecule has 1 unspecified atom stereocenters. The van der Waals surface area contributed by atoms with E-state index in [-0.39, 0.29) is 17.6 Å². The summed E-state index contributed by atoms with van der Waals surface area (Å²) in [5, 5.41) is 9.34. The summed E-state index contributed by atoms with van der Waals surface area (Å²) in [6.45, 7) is 7.12. The van der Waals surface area contributed by atoms with Gasteiger partial charge in [-0.15, -0.1) is 0 Å². The highest BCUT2D eigenvalue weighted by atomic mass is 16.5. The van der Waals surface area contributed by atoms with Crippen molar-refractivity contribution in [3.05, 3.63) is 88.7 Å². The highest BCUT2D eigenvalue weighted by Crippen LogP contribution is 2.23. The maximum absolute atomic E-state index is 12.8. The van der Waals surface area contributed by atoms with Gasteiger partial charge in [-0.1, -0.05) is 42.5 Å². The lowest BCUT2D eigenvalue weighted by atomic mass is 10.0. The molecule has 1 heterocycles. The molecule has 27 heavy (non-hydrogen) atoms. The first-order chi connectivity index (χ1) is 13.0. The first kappa shape index (κ1) is 18.9. The molecule has 0 aliphatic carbocycles. The molecule has 0 radical (unpaired) electrons. The number of ketones is 1. The van der Waals surface area contributed by atoms with Crippen LogP contribution >= 0.6 is 0 Å². The van der Waals surface area contributed by atoms with Crippen molar-refractivity contribution in [1.82, 2.24) is 4.57 Å². The van der Waals surface area contributed by atoms with Crippen LogP contribution < -0.4 is 0 Å². The molecule has 1 N–H and O–H groups in total. The Hall–Kier alpha value is -2.85. The van der Waals surface area contributed by atoms with Crippen LogP contribution in [0.4, 0.5) is 0 Å². The van der Waals surface area contributed by atoms with Gasteiger partial charge in [-0.05, 0) is 44.5 Å². The molecule has 0 aliphatic rings. The van der Waals surface area contributed by atoms with Gasteiger partial charge >= 0.3 is 0 Å². The van der Waals surface area contributed by atoms with Crippen LogP contribution in [-0.2, 0) is 11.3 Å². The lowest BCUT2D eigenvalue weighted by Crippen LogP contribution is -2.15. The van der Waals surface area contributed by atoms with E-state index < -0.39 is 0 Å².